The predicted molar refractivity (Wildman–Crippen MR) is 95.0 cm³/mol. The molecule has 0 radical (unpaired) electrons. The minimum absolute atomic E-state index is 0.235. The lowest BCUT2D eigenvalue weighted by atomic mass is 10.0. The average Bonchev–Trinajstić information content (AvgIpc) is 2.52. The first-order chi connectivity index (χ1) is 11.3. The molecule has 5 heteroatoms. The van der Waals surface area contributed by atoms with Crippen LogP contribution in [0, 0.1) is 6.92 Å². The lowest BCUT2D eigenvalue weighted by Crippen LogP contribution is -2.47. The summed E-state index contributed by atoms with van der Waals surface area (Å²) in [6, 6.07) is 8.23. The number of hydrogen-bond donors (Lipinski definition) is 2. The first-order valence-electron chi connectivity index (χ1n) is 8.71. The number of piperidine rings is 1. The monoisotopic (exact) mass is 334 g/mol. The van der Waals surface area contributed by atoms with Gasteiger partial charge < -0.3 is 20.1 Å². The van der Waals surface area contributed by atoms with Crippen molar-refractivity contribution in [1.82, 2.24) is 10.2 Å². The molecular formula is C19H30N2O3. The zero-order chi connectivity index (χ0) is 17.7. The van der Waals surface area contributed by atoms with Crippen LogP contribution in [0.15, 0.2) is 24.3 Å². The van der Waals surface area contributed by atoms with Crippen molar-refractivity contribution in [2.24, 2.45) is 0 Å². The number of carbonyl (C=O) groups is 1. The van der Waals surface area contributed by atoms with Crippen LogP contribution in [0.5, 0.6) is 0 Å². The van der Waals surface area contributed by atoms with Gasteiger partial charge in [-0.1, -0.05) is 24.3 Å². The van der Waals surface area contributed by atoms with Gasteiger partial charge in [0.15, 0.2) is 0 Å². The molecular weight excluding hydrogens is 304 g/mol. The minimum atomic E-state index is -0.505. The number of amides is 1. The lowest BCUT2D eigenvalue weighted by molar-refractivity contribution is 0.0194. The molecule has 1 aromatic rings. The molecule has 5 nitrogen and oxygen atoms in total. The Bertz CT molecular complexity index is 546. The molecule has 1 atom stereocenters. The quantitative estimate of drug-likeness (QED) is 0.888. The van der Waals surface area contributed by atoms with Crippen molar-refractivity contribution in [3.05, 3.63) is 35.4 Å². The summed E-state index contributed by atoms with van der Waals surface area (Å²) in [5, 5.41) is 13.8. The molecule has 2 N–H and O–H groups in total. The fourth-order valence-corrected chi connectivity index (χ4v) is 2.94. The van der Waals surface area contributed by atoms with Gasteiger partial charge in [-0.2, -0.15) is 0 Å². The Kier molecular flexibility index (Phi) is 6.24. The Morgan fingerprint density at radius 1 is 1.33 bits per heavy atom. The van der Waals surface area contributed by atoms with E-state index >= 15 is 0 Å². The van der Waals surface area contributed by atoms with E-state index in [-0.39, 0.29) is 6.09 Å². The van der Waals surface area contributed by atoms with E-state index in [1.807, 2.05) is 52.0 Å². The molecule has 0 aliphatic carbocycles. The summed E-state index contributed by atoms with van der Waals surface area (Å²) in [7, 11) is 0. The van der Waals surface area contributed by atoms with Gasteiger partial charge in [0.1, 0.15) is 5.60 Å². The van der Waals surface area contributed by atoms with E-state index in [1.54, 1.807) is 4.90 Å². The Morgan fingerprint density at radius 2 is 1.96 bits per heavy atom. The Hall–Kier alpha value is -1.59. The molecule has 2 rings (SSSR count). The van der Waals surface area contributed by atoms with Gasteiger partial charge in [0, 0.05) is 25.7 Å². The third-order valence-electron chi connectivity index (χ3n) is 4.29. The summed E-state index contributed by atoms with van der Waals surface area (Å²) in [6.45, 7) is 9.56. The van der Waals surface area contributed by atoms with Crippen LogP contribution >= 0.6 is 0 Å². The van der Waals surface area contributed by atoms with E-state index in [2.05, 4.69) is 5.32 Å². The highest BCUT2D eigenvalue weighted by Crippen LogP contribution is 2.18. The van der Waals surface area contributed by atoms with Crippen molar-refractivity contribution in [1.29, 1.82) is 0 Å². The first-order valence-corrected chi connectivity index (χ1v) is 8.71. The summed E-state index contributed by atoms with van der Waals surface area (Å²) >= 11 is 0. The van der Waals surface area contributed by atoms with Gasteiger partial charge in [-0.15, -0.1) is 0 Å². The van der Waals surface area contributed by atoms with Crippen molar-refractivity contribution in [2.45, 2.75) is 58.3 Å². The summed E-state index contributed by atoms with van der Waals surface area (Å²) in [5.74, 6) is 0. The van der Waals surface area contributed by atoms with Gasteiger partial charge in [-0.25, -0.2) is 4.79 Å². The molecule has 0 spiro atoms. The molecule has 1 heterocycles. The first kappa shape index (κ1) is 18.7. The molecule has 0 bridgehead atoms. The maximum absolute atomic E-state index is 12.1. The van der Waals surface area contributed by atoms with Crippen LogP contribution in [-0.4, -0.2) is 47.4 Å². The summed E-state index contributed by atoms with van der Waals surface area (Å²) in [5.41, 5.74) is 1.62. The number of hydrogen-bond acceptors (Lipinski definition) is 4. The normalized spacial score (nSPS) is 17.6. The Morgan fingerprint density at radius 3 is 2.54 bits per heavy atom. The van der Waals surface area contributed by atoms with E-state index in [0.29, 0.717) is 25.7 Å². The van der Waals surface area contributed by atoms with E-state index < -0.39 is 11.7 Å². The van der Waals surface area contributed by atoms with Crippen LogP contribution in [0.25, 0.3) is 0 Å². The molecule has 134 valence electrons. The number of benzene rings is 1. The number of likely N-dealkylation sites (tertiary alicyclic amines) is 1. The fraction of sp³-hybridized carbons (Fsp3) is 0.632. The van der Waals surface area contributed by atoms with Gasteiger partial charge in [0.25, 0.3) is 0 Å². The molecule has 1 amide bonds. The van der Waals surface area contributed by atoms with Crippen molar-refractivity contribution in [3.8, 4) is 0 Å². The Labute approximate surface area is 145 Å². The van der Waals surface area contributed by atoms with Crippen LogP contribution in [0.2, 0.25) is 0 Å². The zero-order valence-electron chi connectivity index (χ0n) is 15.2. The fourth-order valence-electron chi connectivity index (χ4n) is 2.94. The number of aliphatic hydroxyl groups excluding tert-OH is 1. The van der Waals surface area contributed by atoms with Crippen LogP contribution < -0.4 is 5.32 Å². The van der Waals surface area contributed by atoms with Gasteiger partial charge in [0.05, 0.1) is 6.10 Å². The number of nitrogens with zero attached hydrogens (tertiary/aromatic N) is 1. The van der Waals surface area contributed by atoms with Gasteiger partial charge >= 0.3 is 6.09 Å². The third-order valence-corrected chi connectivity index (χ3v) is 4.29. The predicted octanol–water partition coefficient (Wildman–Crippen LogP) is 3.02. The molecule has 1 fully saturated rings. The highest BCUT2D eigenvalue weighted by Gasteiger charge is 2.27. The van der Waals surface area contributed by atoms with Gasteiger partial charge in [-0.05, 0) is 51.7 Å². The zero-order valence-corrected chi connectivity index (χ0v) is 15.2. The second-order valence-electron chi connectivity index (χ2n) is 7.52. The van der Waals surface area contributed by atoms with E-state index in [1.165, 1.54) is 0 Å². The molecule has 0 aromatic heterocycles. The number of nitrogens with one attached hydrogen (secondary N) is 1. The highest BCUT2D eigenvalue weighted by atomic mass is 16.6. The van der Waals surface area contributed by atoms with Crippen LogP contribution in [0.1, 0.15) is 50.8 Å². The summed E-state index contributed by atoms with van der Waals surface area (Å²) in [6.07, 6.45) is 1.01. The molecule has 1 aliphatic rings. The molecule has 24 heavy (non-hydrogen) atoms. The third kappa shape index (κ3) is 5.49. The number of rotatable bonds is 4. The number of carbonyl (C=O) groups excluding carboxylic acids is 1. The minimum Gasteiger partial charge on any atom is -0.444 e. The molecule has 0 saturated carbocycles. The summed E-state index contributed by atoms with van der Waals surface area (Å²) < 4.78 is 5.41. The smallest absolute Gasteiger partial charge is 0.410 e. The second kappa shape index (κ2) is 7.99. The molecule has 1 saturated heterocycles. The van der Waals surface area contributed by atoms with Crippen molar-refractivity contribution in [2.75, 3.05) is 19.6 Å². The average molecular weight is 334 g/mol. The van der Waals surface area contributed by atoms with Crippen molar-refractivity contribution < 1.29 is 14.6 Å². The summed E-state index contributed by atoms with van der Waals surface area (Å²) in [4.78, 5) is 13.8. The standard InChI is InChI=1S/C19H30N2O3/c1-14-7-5-6-8-16(14)17(22)13-20-15-9-11-21(12-10-15)18(23)24-19(2,3)4/h5-8,15,17,20,22H,9-13H2,1-4H3. The number of aryl methyl sites for hydroxylation is 1. The van der Waals surface area contributed by atoms with Gasteiger partial charge in [-0.3, -0.25) is 0 Å². The molecule has 1 aliphatic heterocycles. The van der Waals surface area contributed by atoms with E-state index in [9.17, 15) is 9.90 Å². The number of ether oxygens (including phenoxy) is 1. The molecule has 1 aromatic carbocycles. The van der Waals surface area contributed by atoms with Crippen LogP contribution in [0.3, 0.4) is 0 Å². The van der Waals surface area contributed by atoms with Crippen molar-refractivity contribution >= 4 is 6.09 Å². The van der Waals surface area contributed by atoms with Gasteiger partial charge in [0.2, 0.25) is 0 Å². The largest absolute Gasteiger partial charge is 0.444 e. The maximum Gasteiger partial charge on any atom is 0.410 e. The number of aliphatic hydroxyl groups is 1. The van der Waals surface area contributed by atoms with Crippen LogP contribution in [-0.2, 0) is 4.74 Å². The molecule has 1 unspecified atom stereocenters. The van der Waals surface area contributed by atoms with Crippen molar-refractivity contribution in [3.63, 3.8) is 0 Å². The SMILES string of the molecule is Cc1ccccc1C(O)CNC1CCN(C(=O)OC(C)(C)C)CC1. The highest BCUT2D eigenvalue weighted by molar-refractivity contribution is 5.68. The lowest BCUT2D eigenvalue weighted by Gasteiger charge is -2.34. The van der Waals surface area contributed by atoms with E-state index in [4.69, 9.17) is 4.74 Å². The van der Waals surface area contributed by atoms with Crippen LogP contribution in [0.4, 0.5) is 4.79 Å². The second-order valence-corrected chi connectivity index (χ2v) is 7.52. The maximum atomic E-state index is 12.1. The Balaban J connectivity index is 1.75. The van der Waals surface area contributed by atoms with E-state index in [0.717, 1.165) is 24.0 Å². The topological polar surface area (TPSA) is 61.8 Å².